The Kier molecular flexibility index (Phi) is 6.86. The van der Waals surface area contributed by atoms with Gasteiger partial charge >= 0.3 is 6.03 Å². The van der Waals surface area contributed by atoms with Crippen LogP contribution in [0, 0.1) is 6.92 Å². The number of amides is 3. The van der Waals surface area contributed by atoms with Gasteiger partial charge in [-0.3, -0.25) is 9.48 Å². The molecule has 1 aromatic carbocycles. The van der Waals surface area contributed by atoms with Crippen molar-refractivity contribution in [1.82, 2.24) is 24.6 Å². The van der Waals surface area contributed by atoms with E-state index in [9.17, 15) is 9.59 Å². The molecule has 0 unspecified atom stereocenters. The van der Waals surface area contributed by atoms with E-state index in [1.54, 1.807) is 22.0 Å². The van der Waals surface area contributed by atoms with Gasteiger partial charge in [0.2, 0.25) is 5.91 Å². The van der Waals surface area contributed by atoms with Gasteiger partial charge < -0.3 is 15.1 Å². The van der Waals surface area contributed by atoms with E-state index in [-0.39, 0.29) is 11.9 Å². The van der Waals surface area contributed by atoms with E-state index in [2.05, 4.69) is 15.4 Å². The Bertz CT molecular complexity index is 811. The van der Waals surface area contributed by atoms with Crippen LogP contribution in [-0.4, -0.2) is 62.7 Å². The fraction of sp³-hybridized carbons (Fsp3) is 0.474. The smallest absolute Gasteiger partial charge is 0.321 e. The second kappa shape index (κ2) is 9.54. The molecular formula is C19H25ClN6O2. The van der Waals surface area contributed by atoms with E-state index in [1.807, 2.05) is 24.0 Å². The number of carbonyl (C=O) groups excluding carboxylic acids is 2. The largest absolute Gasteiger partial charge is 0.341 e. The standard InChI is InChI=1S/C19H25ClN6O2/c1-15-5-6-16(12-17(15)20)23-19(28)25-8-3-7-24(10-11-25)18(27)4-2-9-26-14-21-13-22-26/h5-6,12-14H,2-4,7-11H2,1H3,(H,23,28). The summed E-state index contributed by atoms with van der Waals surface area (Å²) in [4.78, 5) is 32.5. The van der Waals surface area contributed by atoms with Crippen molar-refractivity contribution in [2.24, 2.45) is 0 Å². The summed E-state index contributed by atoms with van der Waals surface area (Å²) in [5.74, 6) is 0.118. The summed E-state index contributed by atoms with van der Waals surface area (Å²) in [5, 5.41) is 7.54. The van der Waals surface area contributed by atoms with Crippen LogP contribution in [0.3, 0.4) is 0 Å². The molecule has 1 N–H and O–H groups in total. The number of hydrogen-bond acceptors (Lipinski definition) is 4. The van der Waals surface area contributed by atoms with E-state index in [0.717, 1.165) is 18.4 Å². The van der Waals surface area contributed by atoms with Crippen molar-refractivity contribution >= 4 is 29.2 Å². The number of hydrogen-bond donors (Lipinski definition) is 1. The first-order valence-corrected chi connectivity index (χ1v) is 9.83. The number of carbonyl (C=O) groups is 2. The summed E-state index contributed by atoms with van der Waals surface area (Å²) in [6.45, 7) is 4.94. The molecule has 0 aliphatic carbocycles. The minimum absolute atomic E-state index is 0.118. The molecule has 0 radical (unpaired) electrons. The maximum Gasteiger partial charge on any atom is 0.321 e. The maximum absolute atomic E-state index is 12.5. The first kappa shape index (κ1) is 20.1. The number of halogens is 1. The van der Waals surface area contributed by atoms with Crippen LogP contribution in [0.5, 0.6) is 0 Å². The number of aryl methyl sites for hydroxylation is 2. The van der Waals surface area contributed by atoms with Gasteiger partial charge in [0.25, 0.3) is 0 Å². The molecule has 1 saturated heterocycles. The Labute approximate surface area is 169 Å². The lowest BCUT2D eigenvalue weighted by Crippen LogP contribution is -2.39. The Balaban J connectivity index is 1.46. The number of urea groups is 1. The number of rotatable bonds is 5. The van der Waals surface area contributed by atoms with Crippen LogP contribution in [0.1, 0.15) is 24.8 Å². The molecular weight excluding hydrogens is 380 g/mol. The van der Waals surface area contributed by atoms with E-state index in [1.165, 1.54) is 6.33 Å². The maximum atomic E-state index is 12.5. The number of anilines is 1. The monoisotopic (exact) mass is 404 g/mol. The molecule has 1 fully saturated rings. The molecule has 0 bridgehead atoms. The van der Waals surface area contributed by atoms with Gasteiger partial charge in [0.05, 0.1) is 0 Å². The molecule has 1 aliphatic rings. The van der Waals surface area contributed by atoms with Crippen LogP contribution in [0.4, 0.5) is 10.5 Å². The zero-order valence-electron chi connectivity index (χ0n) is 16.0. The quantitative estimate of drug-likeness (QED) is 0.830. The lowest BCUT2D eigenvalue weighted by Gasteiger charge is -2.22. The summed E-state index contributed by atoms with van der Waals surface area (Å²) in [6, 6.07) is 5.29. The van der Waals surface area contributed by atoms with Crippen LogP contribution in [0.25, 0.3) is 0 Å². The molecule has 3 amide bonds. The second-order valence-electron chi connectivity index (χ2n) is 6.88. The highest BCUT2D eigenvalue weighted by Gasteiger charge is 2.22. The Morgan fingerprint density at radius 1 is 1.18 bits per heavy atom. The topological polar surface area (TPSA) is 83.4 Å². The number of benzene rings is 1. The first-order valence-electron chi connectivity index (χ1n) is 9.45. The van der Waals surface area contributed by atoms with Gasteiger partial charge in [0.15, 0.2) is 0 Å². The lowest BCUT2D eigenvalue weighted by atomic mass is 10.2. The van der Waals surface area contributed by atoms with Crippen molar-refractivity contribution < 1.29 is 9.59 Å². The molecule has 0 saturated carbocycles. The predicted octanol–water partition coefficient (Wildman–Crippen LogP) is 2.79. The third-order valence-corrected chi connectivity index (χ3v) is 5.21. The summed E-state index contributed by atoms with van der Waals surface area (Å²) in [7, 11) is 0. The van der Waals surface area contributed by atoms with E-state index in [4.69, 9.17) is 11.6 Å². The van der Waals surface area contributed by atoms with Gasteiger partial charge in [0, 0.05) is 49.9 Å². The molecule has 2 aromatic rings. The third kappa shape index (κ3) is 5.45. The highest BCUT2D eigenvalue weighted by Crippen LogP contribution is 2.20. The summed E-state index contributed by atoms with van der Waals surface area (Å²) in [5.41, 5.74) is 1.64. The molecule has 0 spiro atoms. The lowest BCUT2D eigenvalue weighted by molar-refractivity contribution is -0.131. The molecule has 3 rings (SSSR count). The molecule has 1 aliphatic heterocycles. The van der Waals surface area contributed by atoms with E-state index >= 15 is 0 Å². The highest BCUT2D eigenvalue weighted by atomic mass is 35.5. The normalized spacial score (nSPS) is 14.6. The van der Waals surface area contributed by atoms with Gasteiger partial charge in [-0.25, -0.2) is 9.78 Å². The average Bonchev–Trinajstić information content (AvgIpc) is 3.06. The number of aromatic nitrogens is 3. The SMILES string of the molecule is Cc1ccc(NC(=O)N2CCCN(C(=O)CCCn3cncn3)CC2)cc1Cl. The van der Waals surface area contributed by atoms with E-state index < -0.39 is 0 Å². The zero-order valence-corrected chi connectivity index (χ0v) is 16.7. The minimum Gasteiger partial charge on any atom is -0.341 e. The van der Waals surface area contributed by atoms with Crippen molar-refractivity contribution in [2.45, 2.75) is 32.7 Å². The molecule has 28 heavy (non-hydrogen) atoms. The Hall–Kier alpha value is -2.61. The van der Waals surface area contributed by atoms with Crippen LogP contribution in [-0.2, 0) is 11.3 Å². The van der Waals surface area contributed by atoms with Crippen LogP contribution < -0.4 is 5.32 Å². The van der Waals surface area contributed by atoms with Crippen molar-refractivity contribution in [1.29, 1.82) is 0 Å². The van der Waals surface area contributed by atoms with Gasteiger partial charge in [-0.2, -0.15) is 5.10 Å². The van der Waals surface area contributed by atoms with Crippen LogP contribution in [0.15, 0.2) is 30.9 Å². The molecule has 9 heteroatoms. The molecule has 0 atom stereocenters. The van der Waals surface area contributed by atoms with Crippen LogP contribution in [0.2, 0.25) is 5.02 Å². The summed E-state index contributed by atoms with van der Waals surface area (Å²) in [6.07, 6.45) is 5.08. The summed E-state index contributed by atoms with van der Waals surface area (Å²) >= 11 is 6.12. The van der Waals surface area contributed by atoms with Crippen molar-refractivity contribution in [2.75, 3.05) is 31.5 Å². The zero-order chi connectivity index (χ0) is 19.9. The predicted molar refractivity (Wildman–Crippen MR) is 107 cm³/mol. The van der Waals surface area contributed by atoms with Gasteiger partial charge in [0.1, 0.15) is 12.7 Å². The van der Waals surface area contributed by atoms with Crippen molar-refractivity contribution in [3.05, 3.63) is 41.4 Å². The van der Waals surface area contributed by atoms with Crippen molar-refractivity contribution in [3.63, 3.8) is 0 Å². The number of nitrogens with one attached hydrogen (secondary N) is 1. The van der Waals surface area contributed by atoms with Gasteiger partial charge in [-0.15, -0.1) is 0 Å². The minimum atomic E-state index is -0.166. The Morgan fingerprint density at radius 3 is 2.71 bits per heavy atom. The average molecular weight is 405 g/mol. The van der Waals surface area contributed by atoms with E-state index in [0.29, 0.717) is 49.9 Å². The molecule has 150 valence electrons. The fourth-order valence-corrected chi connectivity index (χ4v) is 3.32. The molecule has 1 aromatic heterocycles. The highest BCUT2D eigenvalue weighted by molar-refractivity contribution is 6.31. The number of nitrogens with zero attached hydrogens (tertiary/aromatic N) is 5. The fourth-order valence-electron chi connectivity index (χ4n) is 3.14. The Morgan fingerprint density at radius 2 is 1.96 bits per heavy atom. The van der Waals surface area contributed by atoms with Gasteiger partial charge in [-0.1, -0.05) is 17.7 Å². The van der Waals surface area contributed by atoms with Crippen molar-refractivity contribution in [3.8, 4) is 0 Å². The molecule has 8 nitrogen and oxygen atoms in total. The second-order valence-corrected chi connectivity index (χ2v) is 7.28. The van der Waals surface area contributed by atoms with Crippen LogP contribution >= 0.6 is 11.6 Å². The summed E-state index contributed by atoms with van der Waals surface area (Å²) < 4.78 is 1.72. The third-order valence-electron chi connectivity index (χ3n) is 4.80. The van der Waals surface area contributed by atoms with Gasteiger partial charge in [-0.05, 0) is 37.5 Å². The first-order chi connectivity index (χ1) is 13.5. The molecule has 2 heterocycles.